The van der Waals surface area contributed by atoms with Crippen molar-refractivity contribution >= 4 is 43.6 Å². The number of fused-ring (bicyclic) bond motifs is 3. The van der Waals surface area contributed by atoms with Gasteiger partial charge in [0.1, 0.15) is 0 Å². The summed E-state index contributed by atoms with van der Waals surface area (Å²) >= 11 is 0. The molecular formula is C28H22N4+2. The van der Waals surface area contributed by atoms with E-state index in [1.54, 1.807) is 0 Å². The third-order valence-corrected chi connectivity index (χ3v) is 6.82. The van der Waals surface area contributed by atoms with Crippen LogP contribution in [-0.4, -0.2) is 9.97 Å². The summed E-state index contributed by atoms with van der Waals surface area (Å²) in [5, 5.41) is 4.80. The first-order valence-corrected chi connectivity index (χ1v) is 11.1. The Balaban J connectivity index is 1.45. The van der Waals surface area contributed by atoms with E-state index in [0.29, 0.717) is 0 Å². The van der Waals surface area contributed by atoms with Gasteiger partial charge in [0.2, 0.25) is 0 Å². The van der Waals surface area contributed by atoms with Crippen molar-refractivity contribution in [1.82, 2.24) is 9.97 Å². The first kappa shape index (κ1) is 17.7. The molecule has 5 heterocycles. The van der Waals surface area contributed by atoms with Gasteiger partial charge in [0.25, 0.3) is 11.0 Å². The van der Waals surface area contributed by atoms with Crippen LogP contribution in [0, 0.1) is 13.8 Å². The van der Waals surface area contributed by atoms with Crippen LogP contribution in [0.1, 0.15) is 24.2 Å². The zero-order valence-electron chi connectivity index (χ0n) is 18.3. The maximum Gasteiger partial charge on any atom is 0.350 e. The van der Waals surface area contributed by atoms with Crippen molar-refractivity contribution in [3.63, 3.8) is 0 Å². The van der Waals surface area contributed by atoms with Gasteiger partial charge in [-0.3, -0.25) is 9.97 Å². The molecule has 7 rings (SSSR count). The maximum atomic E-state index is 4.85. The van der Waals surface area contributed by atoms with Crippen LogP contribution in [0.2, 0.25) is 0 Å². The number of pyridine rings is 4. The summed E-state index contributed by atoms with van der Waals surface area (Å²) in [7, 11) is 0. The van der Waals surface area contributed by atoms with Crippen LogP contribution in [-0.2, 0) is 0 Å². The molecule has 4 heteroatoms. The molecule has 2 aromatic carbocycles. The highest BCUT2D eigenvalue weighted by Crippen LogP contribution is 2.31. The van der Waals surface area contributed by atoms with Crippen LogP contribution >= 0.6 is 0 Å². The molecule has 6 aromatic rings. The number of benzene rings is 2. The Labute approximate surface area is 185 Å². The number of aromatic nitrogens is 4. The Morgan fingerprint density at radius 2 is 1.19 bits per heavy atom. The van der Waals surface area contributed by atoms with E-state index < -0.39 is 0 Å². The maximum absolute atomic E-state index is 4.85. The fraction of sp³-hybridized carbons (Fsp3) is 0.143. The normalized spacial score (nSPS) is 15.0. The van der Waals surface area contributed by atoms with Crippen molar-refractivity contribution < 1.29 is 9.13 Å². The van der Waals surface area contributed by atoms with Crippen molar-refractivity contribution in [2.75, 3.05) is 0 Å². The standard InChI is InChI=1S/C28H22N4/c1-16-8-19-4-5-20-10-23(13-30-26(20)25(19)29-12-16)24-11-22-7-6-21-9-17(2)14-31-18(3)32(15-24)28(22)27(21)31/h4-15,18H,1-3H3/q+2/t18-/m0/s1. The minimum Gasteiger partial charge on any atom is -0.254 e. The van der Waals surface area contributed by atoms with Gasteiger partial charge in [0.15, 0.2) is 12.4 Å². The van der Waals surface area contributed by atoms with Crippen LogP contribution in [0.15, 0.2) is 73.3 Å². The lowest BCUT2D eigenvalue weighted by atomic mass is 10.0. The highest BCUT2D eigenvalue weighted by molar-refractivity contribution is 6.04. The molecule has 0 N–H and O–H groups in total. The Hall–Kier alpha value is -3.92. The van der Waals surface area contributed by atoms with Crippen LogP contribution in [0.5, 0.6) is 0 Å². The molecule has 0 aliphatic carbocycles. The van der Waals surface area contributed by atoms with E-state index in [1.165, 1.54) is 32.9 Å². The van der Waals surface area contributed by atoms with E-state index in [0.717, 1.165) is 32.9 Å². The van der Waals surface area contributed by atoms with Crippen molar-refractivity contribution in [1.29, 1.82) is 0 Å². The van der Waals surface area contributed by atoms with E-state index in [2.05, 4.69) is 95.8 Å². The van der Waals surface area contributed by atoms with Crippen LogP contribution in [0.25, 0.3) is 54.7 Å². The van der Waals surface area contributed by atoms with Gasteiger partial charge in [-0.25, -0.2) is 0 Å². The minimum atomic E-state index is 0.238. The van der Waals surface area contributed by atoms with E-state index in [4.69, 9.17) is 4.98 Å². The van der Waals surface area contributed by atoms with Crippen molar-refractivity contribution in [3.8, 4) is 11.1 Å². The summed E-state index contributed by atoms with van der Waals surface area (Å²) in [6.45, 7) is 6.50. The number of rotatable bonds is 1. The average molecular weight is 415 g/mol. The van der Waals surface area contributed by atoms with Gasteiger partial charge < -0.3 is 0 Å². The lowest BCUT2D eigenvalue weighted by molar-refractivity contribution is -0.901. The molecule has 4 nitrogen and oxygen atoms in total. The SMILES string of the molecule is Cc1cnc2c(ccc3cc(-c4cc5ccc6cc(C)c[n+]7c6c5[n+](c4)[C@H]7C)cnc32)c1. The van der Waals surface area contributed by atoms with Crippen molar-refractivity contribution in [2.45, 2.75) is 26.9 Å². The number of nitrogens with zero attached hydrogens (tertiary/aromatic N) is 4. The molecule has 0 saturated heterocycles. The second kappa shape index (κ2) is 6.07. The van der Waals surface area contributed by atoms with Crippen molar-refractivity contribution in [3.05, 3.63) is 84.4 Å². The fourth-order valence-electron chi connectivity index (χ4n) is 5.31. The monoisotopic (exact) mass is 414 g/mol. The quantitative estimate of drug-likeness (QED) is 0.269. The first-order valence-electron chi connectivity index (χ1n) is 11.1. The average Bonchev–Trinajstić information content (AvgIpc) is 3.09. The lowest BCUT2D eigenvalue weighted by Crippen LogP contribution is -2.50. The van der Waals surface area contributed by atoms with Crippen LogP contribution in [0.3, 0.4) is 0 Å². The molecule has 0 saturated carbocycles. The highest BCUT2D eigenvalue weighted by Gasteiger charge is 2.38. The van der Waals surface area contributed by atoms with E-state index in [-0.39, 0.29) is 6.17 Å². The summed E-state index contributed by atoms with van der Waals surface area (Å²) in [6.07, 6.45) is 8.68. The smallest absolute Gasteiger partial charge is 0.254 e. The third kappa shape index (κ3) is 2.32. The summed E-state index contributed by atoms with van der Waals surface area (Å²) in [4.78, 5) is 9.51. The van der Waals surface area contributed by atoms with Gasteiger partial charge in [-0.1, -0.05) is 12.1 Å². The summed E-state index contributed by atoms with van der Waals surface area (Å²) in [6, 6.07) is 17.8. The van der Waals surface area contributed by atoms with Gasteiger partial charge in [-0.15, -0.1) is 9.13 Å². The second-order valence-corrected chi connectivity index (χ2v) is 9.08. The number of aryl methyl sites for hydroxylation is 2. The number of hydrogen-bond donors (Lipinski definition) is 0. The summed E-state index contributed by atoms with van der Waals surface area (Å²) in [5.74, 6) is 0. The molecule has 4 aromatic heterocycles. The van der Waals surface area contributed by atoms with Crippen LogP contribution in [0.4, 0.5) is 0 Å². The molecule has 0 spiro atoms. The molecule has 0 unspecified atom stereocenters. The van der Waals surface area contributed by atoms with Gasteiger partial charge >= 0.3 is 6.17 Å². The first-order chi connectivity index (χ1) is 15.6. The van der Waals surface area contributed by atoms with Gasteiger partial charge in [-0.05, 0) is 55.8 Å². The minimum absolute atomic E-state index is 0.238. The Bertz CT molecular complexity index is 1770. The lowest BCUT2D eigenvalue weighted by Gasteiger charge is -2.06. The zero-order chi connectivity index (χ0) is 21.6. The molecule has 152 valence electrons. The third-order valence-electron chi connectivity index (χ3n) is 6.82. The molecule has 1 aliphatic rings. The molecule has 0 bridgehead atoms. The molecule has 0 amide bonds. The Kier molecular flexibility index (Phi) is 3.36. The zero-order valence-corrected chi connectivity index (χ0v) is 18.3. The van der Waals surface area contributed by atoms with Gasteiger partial charge in [0.05, 0.1) is 28.7 Å². The summed E-state index contributed by atoms with van der Waals surface area (Å²) in [5.41, 5.74) is 9.29. The van der Waals surface area contributed by atoms with Gasteiger partial charge in [-0.2, -0.15) is 0 Å². The topological polar surface area (TPSA) is 33.5 Å². The molecule has 0 radical (unpaired) electrons. The Morgan fingerprint density at radius 3 is 1.97 bits per heavy atom. The predicted molar refractivity (Wildman–Crippen MR) is 127 cm³/mol. The van der Waals surface area contributed by atoms with E-state index in [9.17, 15) is 0 Å². The number of hydrogen-bond acceptors (Lipinski definition) is 2. The molecule has 1 atom stereocenters. The molecule has 32 heavy (non-hydrogen) atoms. The second-order valence-electron chi connectivity index (χ2n) is 9.08. The molecule has 0 fully saturated rings. The fourth-order valence-corrected chi connectivity index (χ4v) is 5.31. The van der Waals surface area contributed by atoms with E-state index in [1.807, 2.05) is 12.4 Å². The largest absolute Gasteiger partial charge is 0.350 e. The molecule has 1 aliphatic heterocycles. The highest BCUT2D eigenvalue weighted by atomic mass is 15.2. The predicted octanol–water partition coefficient (Wildman–Crippen LogP) is 5.33. The van der Waals surface area contributed by atoms with Crippen LogP contribution < -0.4 is 9.13 Å². The summed E-state index contributed by atoms with van der Waals surface area (Å²) < 4.78 is 4.80. The van der Waals surface area contributed by atoms with Crippen molar-refractivity contribution in [2.24, 2.45) is 0 Å². The van der Waals surface area contributed by atoms with Gasteiger partial charge in [0, 0.05) is 39.9 Å². The Morgan fingerprint density at radius 1 is 0.625 bits per heavy atom. The van der Waals surface area contributed by atoms with E-state index >= 15 is 0 Å². The molecular weight excluding hydrogens is 392 g/mol.